The number of nitrogens with one attached hydrogen (secondary N) is 1. The number of nitrogens with zero attached hydrogens (tertiary/aromatic N) is 1. The van der Waals surface area contributed by atoms with Crippen molar-refractivity contribution in [2.24, 2.45) is 16.6 Å². The molecule has 1 unspecified atom stereocenters. The lowest BCUT2D eigenvalue weighted by Gasteiger charge is -2.19. The van der Waals surface area contributed by atoms with Gasteiger partial charge in [0.2, 0.25) is 0 Å². The number of hydrogen-bond acceptors (Lipinski definition) is 4. The molecule has 0 fully saturated rings. The molecule has 4 heteroatoms. The third-order valence-corrected chi connectivity index (χ3v) is 3.70. The first-order valence-electron chi connectivity index (χ1n) is 7.60. The maximum atomic E-state index is 8.81. The van der Waals surface area contributed by atoms with E-state index in [9.17, 15) is 0 Å². The summed E-state index contributed by atoms with van der Waals surface area (Å²) in [5.74, 6) is 0.424. The first-order chi connectivity index (χ1) is 10.2. The minimum atomic E-state index is 0.0838. The average molecular weight is 287 g/mol. The molecule has 1 aliphatic rings. The summed E-state index contributed by atoms with van der Waals surface area (Å²) in [6.07, 6.45) is 6.64. The van der Waals surface area contributed by atoms with Crippen LogP contribution in [-0.2, 0) is 6.42 Å². The molecule has 21 heavy (non-hydrogen) atoms. The molecule has 0 spiro atoms. The molecule has 0 bridgehead atoms. The topological polar surface area (TPSA) is 70.6 Å². The zero-order valence-corrected chi connectivity index (χ0v) is 12.6. The van der Waals surface area contributed by atoms with E-state index in [2.05, 4.69) is 34.6 Å². The second kappa shape index (κ2) is 7.96. The van der Waals surface area contributed by atoms with Gasteiger partial charge in [-0.3, -0.25) is 4.99 Å². The van der Waals surface area contributed by atoms with Gasteiger partial charge >= 0.3 is 0 Å². The molecule has 4 nitrogen and oxygen atoms in total. The number of aliphatic imine (C=N–C) groups is 1. The fraction of sp³-hybridized carbons (Fsp3) is 0.471. The summed E-state index contributed by atoms with van der Waals surface area (Å²) in [6.45, 7) is 3.02. The van der Waals surface area contributed by atoms with Gasteiger partial charge in [-0.15, -0.1) is 0 Å². The third kappa shape index (κ3) is 4.99. The SMILES string of the molecule is C[C@H](N)c1ccc(CC2C=NC=C(NCCCO)C2)cc1. The molecule has 1 aromatic rings. The van der Waals surface area contributed by atoms with E-state index in [4.69, 9.17) is 10.8 Å². The highest BCUT2D eigenvalue weighted by molar-refractivity contribution is 5.64. The summed E-state index contributed by atoms with van der Waals surface area (Å²) in [5, 5.41) is 12.1. The maximum absolute atomic E-state index is 8.81. The molecule has 0 radical (unpaired) electrons. The fourth-order valence-electron chi connectivity index (χ4n) is 2.47. The highest BCUT2D eigenvalue weighted by Gasteiger charge is 2.13. The number of nitrogens with two attached hydrogens (primary N) is 1. The van der Waals surface area contributed by atoms with E-state index >= 15 is 0 Å². The molecule has 2 atom stereocenters. The molecule has 1 aliphatic heterocycles. The number of aliphatic hydroxyl groups is 1. The Morgan fingerprint density at radius 2 is 2.14 bits per heavy atom. The van der Waals surface area contributed by atoms with Gasteiger partial charge in [-0.25, -0.2) is 0 Å². The van der Waals surface area contributed by atoms with Crippen LogP contribution < -0.4 is 11.1 Å². The fourth-order valence-corrected chi connectivity index (χ4v) is 2.47. The van der Waals surface area contributed by atoms with Crippen LogP contribution in [0.25, 0.3) is 0 Å². The van der Waals surface area contributed by atoms with Crippen LogP contribution in [0.1, 0.15) is 36.9 Å². The molecule has 1 aromatic carbocycles. The zero-order valence-electron chi connectivity index (χ0n) is 12.6. The number of hydrogen-bond donors (Lipinski definition) is 3. The van der Waals surface area contributed by atoms with Gasteiger partial charge in [0, 0.05) is 43.2 Å². The van der Waals surface area contributed by atoms with Gasteiger partial charge in [0.15, 0.2) is 0 Å². The predicted octanol–water partition coefficient (Wildman–Crippen LogP) is 2.15. The van der Waals surface area contributed by atoms with Gasteiger partial charge in [0.25, 0.3) is 0 Å². The van der Waals surface area contributed by atoms with Crippen molar-refractivity contribution >= 4 is 6.21 Å². The molecule has 0 aliphatic carbocycles. The zero-order chi connectivity index (χ0) is 15.1. The average Bonchev–Trinajstić information content (AvgIpc) is 2.48. The smallest absolute Gasteiger partial charge is 0.0453 e. The highest BCUT2D eigenvalue weighted by atomic mass is 16.3. The lowest BCUT2D eigenvalue weighted by molar-refractivity contribution is 0.287. The van der Waals surface area contributed by atoms with Crippen molar-refractivity contribution < 1.29 is 5.11 Å². The van der Waals surface area contributed by atoms with E-state index in [0.717, 1.165) is 31.5 Å². The molecular formula is C17H25N3O. The largest absolute Gasteiger partial charge is 0.396 e. The van der Waals surface area contributed by atoms with Crippen LogP contribution in [0.2, 0.25) is 0 Å². The van der Waals surface area contributed by atoms with Gasteiger partial charge in [-0.2, -0.15) is 0 Å². The van der Waals surface area contributed by atoms with Crippen molar-refractivity contribution in [2.45, 2.75) is 32.2 Å². The molecule has 0 aromatic heterocycles. The lowest BCUT2D eigenvalue weighted by atomic mass is 9.93. The molecule has 0 saturated carbocycles. The second-order valence-electron chi connectivity index (χ2n) is 5.66. The van der Waals surface area contributed by atoms with Gasteiger partial charge < -0.3 is 16.2 Å². The highest BCUT2D eigenvalue weighted by Crippen LogP contribution is 2.19. The molecule has 0 amide bonds. The number of aliphatic hydroxyl groups excluding tert-OH is 1. The standard InChI is InChI=1S/C17H25N3O/c1-13(18)16-5-3-14(4-6-16)9-15-10-17(12-19-11-15)20-7-2-8-21/h3-6,11-13,15,20-21H,2,7-10,18H2,1H3/t13-,15?/m0/s1. The van der Waals surface area contributed by atoms with Crippen LogP contribution >= 0.6 is 0 Å². The van der Waals surface area contributed by atoms with Gasteiger partial charge in [0.05, 0.1) is 0 Å². The Morgan fingerprint density at radius 3 is 2.81 bits per heavy atom. The first-order valence-corrected chi connectivity index (χ1v) is 7.60. The Morgan fingerprint density at radius 1 is 1.38 bits per heavy atom. The summed E-state index contributed by atoms with van der Waals surface area (Å²) in [4.78, 5) is 4.33. The first kappa shape index (κ1) is 15.7. The summed E-state index contributed by atoms with van der Waals surface area (Å²) < 4.78 is 0. The van der Waals surface area contributed by atoms with Gasteiger partial charge in [0.1, 0.15) is 0 Å². The molecule has 4 N–H and O–H groups in total. The summed E-state index contributed by atoms with van der Waals surface area (Å²) in [5.41, 5.74) is 9.51. The van der Waals surface area contributed by atoms with E-state index in [0.29, 0.717) is 5.92 Å². The quantitative estimate of drug-likeness (QED) is 0.673. The molecular weight excluding hydrogens is 262 g/mol. The number of benzene rings is 1. The van der Waals surface area contributed by atoms with E-state index in [1.807, 2.05) is 19.3 Å². The predicted molar refractivity (Wildman–Crippen MR) is 87.1 cm³/mol. The Balaban J connectivity index is 1.86. The third-order valence-electron chi connectivity index (χ3n) is 3.70. The Hall–Kier alpha value is -1.65. The van der Waals surface area contributed by atoms with Crippen LogP contribution in [0.3, 0.4) is 0 Å². The van der Waals surface area contributed by atoms with Crippen molar-refractivity contribution in [3.63, 3.8) is 0 Å². The lowest BCUT2D eigenvalue weighted by Crippen LogP contribution is -2.21. The summed E-state index contributed by atoms with van der Waals surface area (Å²) in [6, 6.07) is 8.61. The number of rotatable bonds is 7. The minimum Gasteiger partial charge on any atom is -0.396 e. The van der Waals surface area contributed by atoms with Gasteiger partial charge in [-0.1, -0.05) is 24.3 Å². The van der Waals surface area contributed by atoms with Gasteiger partial charge in [-0.05, 0) is 37.3 Å². The second-order valence-corrected chi connectivity index (χ2v) is 5.66. The molecule has 0 saturated heterocycles. The molecule has 114 valence electrons. The summed E-state index contributed by atoms with van der Waals surface area (Å²) >= 11 is 0. The number of allylic oxidation sites excluding steroid dienone is 1. The maximum Gasteiger partial charge on any atom is 0.0453 e. The normalized spacial score (nSPS) is 19.2. The van der Waals surface area contributed by atoms with Crippen LogP contribution in [0, 0.1) is 5.92 Å². The van der Waals surface area contributed by atoms with E-state index in [-0.39, 0.29) is 12.6 Å². The Kier molecular flexibility index (Phi) is 5.96. The van der Waals surface area contributed by atoms with Crippen molar-refractivity contribution in [3.05, 3.63) is 47.3 Å². The summed E-state index contributed by atoms with van der Waals surface area (Å²) in [7, 11) is 0. The van der Waals surface area contributed by atoms with Crippen molar-refractivity contribution in [3.8, 4) is 0 Å². The monoisotopic (exact) mass is 287 g/mol. The van der Waals surface area contributed by atoms with E-state index < -0.39 is 0 Å². The van der Waals surface area contributed by atoms with Crippen molar-refractivity contribution in [1.82, 2.24) is 5.32 Å². The van der Waals surface area contributed by atoms with Crippen LogP contribution in [0.15, 0.2) is 41.2 Å². The van der Waals surface area contributed by atoms with Crippen LogP contribution in [0.5, 0.6) is 0 Å². The Bertz CT molecular complexity index is 491. The minimum absolute atomic E-state index is 0.0838. The van der Waals surface area contributed by atoms with E-state index in [1.165, 1.54) is 11.1 Å². The van der Waals surface area contributed by atoms with Crippen molar-refractivity contribution in [2.75, 3.05) is 13.2 Å². The Labute approximate surface area is 126 Å². The van der Waals surface area contributed by atoms with E-state index in [1.54, 1.807) is 0 Å². The molecule has 2 rings (SSSR count). The van der Waals surface area contributed by atoms with Crippen LogP contribution in [-0.4, -0.2) is 24.5 Å². The molecule has 1 heterocycles. The van der Waals surface area contributed by atoms with Crippen molar-refractivity contribution in [1.29, 1.82) is 0 Å². The van der Waals surface area contributed by atoms with Crippen LogP contribution in [0.4, 0.5) is 0 Å².